The van der Waals surface area contributed by atoms with E-state index in [0.29, 0.717) is 6.42 Å². The largest absolute Gasteiger partial charge is 0.481 e. The summed E-state index contributed by atoms with van der Waals surface area (Å²) in [5.74, 6) is -0.959. The number of rotatable bonds is 4. The first-order valence-electron chi connectivity index (χ1n) is 5.04. The van der Waals surface area contributed by atoms with Gasteiger partial charge in [0.25, 0.3) is 0 Å². The number of benzene rings is 1. The fourth-order valence-electron chi connectivity index (χ4n) is 1.74. The summed E-state index contributed by atoms with van der Waals surface area (Å²) >= 11 is 3.36. The van der Waals surface area contributed by atoms with E-state index in [-0.39, 0.29) is 11.8 Å². The summed E-state index contributed by atoms with van der Waals surface area (Å²) in [4.78, 5) is 11.0. The SMILES string of the molecule is CCC(C(=O)O)C(C)c1ccc(Br)cc1. The molecule has 0 fully saturated rings. The van der Waals surface area contributed by atoms with E-state index in [1.54, 1.807) is 0 Å². The summed E-state index contributed by atoms with van der Waals surface area (Å²) in [5, 5.41) is 9.05. The molecule has 0 aromatic heterocycles. The molecule has 0 saturated carbocycles. The van der Waals surface area contributed by atoms with Crippen LogP contribution in [0, 0.1) is 5.92 Å². The van der Waals surface area contributed by atoms with Gasteiger partial charge in [-0.25, -0.2) is 0 Å². The van der Waals surface area contributed by atoms with Crippen molar-refractivity contribution in [3.05, 3.63) is 34.3 Å². The average Bonchev–Trinajstić information content (AvgIpc) is 2.19. The summed E-state index contributed by atoms with van der Waals surface area (Å²) in [7, 11) is 0. The zero-order valence-corrected chi connectivity index (χ0v) is 10.5. The molecule has 0 spiro atoms. The van der Waals surface area contributed by atoms with Crippen molar-refractivity contribution < 1.29 is 9.90 Å². The van der Waals surface area contributed by atoms with Crippen LogP contribution in [0.4, 0.5) is 0 Å². The molecule has 2 atom stereocenters. The molecule has 0 aliphatic heterocycles. The lowest BCUT2D eigenvalue weighted by atomic mass is 9.86. The molecule has 0 amide bonds. The molecular weight excluding hydrogens is 256 g/mol. The van der Waals surface area contributed by atoms with Crippen LogP contribution in [0.25, 0.3) is 0 Å². The van der Waals surface area contributed by atoms with Gasteiger partial charge in [0.1, 0.15) is 0 Å². The molecular formula is C12H15BrO2. The van der Waals surface area contributed by atoms with Crippen LogP contribution in [0.3, 0.4) is 0 Å². The fourth-order valence-corrected chi connectivity index (χ4v) is 2.01. The van der Waals surface area contributed by atoms with Crippen LogP contribution in [0.1, 0.15) is 31.7 Å². The minimum atomic E-state index is -0.715. The Morgan fingerprint density at radius 3 is 2.33 bits per heavy atom. The summed E-state index contributed by atoms with van der Waals surface area (Å²) in [5.41, 5.74) is 1.08. The van der Waals surface area contributed by atoms with E-state index >= 15 is 0 Å². The summed E-state index contributed by atoms with van der Waals surface area (Å²) < 4.78 is 1.02. The third kappa shape index (κ3) is 3.06. The summed E-state index contributed by atoms with van der Waals surface area (Å²) in [6, 6.07) is 7.83. The Bertz CT molecular complexity index is 332. The number of hydrogen-bond acceptors (Lipinski definition) is 1. The predicted octanol–water partition coefficient (Wildman–Crippen LogP) is 3.66. The van der Waals surface area contributed by atoms with E-state index in [9.17, 15) is 4.79 Å². The monoisotopic (exact) mass is 270 g/mol. The van der Waals surface area contributed by atoms with E-state index < -0.39 is 5.97 Å². The summed E-state index contributed by atoms with van der Waals surface area (Å²) in [6.07, 6.45) is 0.659. The van der Waals surface area contributed by atoms with Crippen molar-refractivity contribution >= 4 is 21.9 Å². The number of hydrogen-bond donors (Lipinski definition) is 1. The second kappa shape index (κ2) is 5.31. The van der Waals surface area contributed by atoms with Gasteiger partial charge >= 0.3 is 5.97 Å². The van der Waals surface area contributed by atoms with E-state index in [1.165, 1.54) is 0 Å². The quantitative estimate of drug-likeness (QED) is 0.907. The number of carboxylic acid groups (broad SMARTS) is 1. The molecule has 3 heteroatoms. The maximum atomic E-state index is 11.0. The van der Waals surface area contributed by atoms with Crippen molar-refractivity contribution in [1.82, 2.24) is 0 Å². The number of carbonyl (C=O) groups is 1. The van der Waals surface area contributed by atoms with Gasteiger partial charge in [-0.3, -0.25) is 4.79 Å². The molecule has 0 saturated heterocycles. The Morgan fingerprint density at radius 2 is 1.93 bits per heavy atom. The smallest absolute Gasteiger partial charge is 0.307 e. The van der Waals surface area contributed by atoms with Crippen LogP contribution >= 0.6 is 15.9 Å². The molecule has 2 nitrogen and oxygen atoms in total. The molecule has 82 valence electrons. The lowest BCUT2D eigenvalue weighted by Gasteiger charge is -2.18. The van der Waals surface area contributed by atoms with Crippen LogP contribution in [-0.4, -0.2) is 11.1 Å². The molecule has 1 aromatic carbocycles. The lowest BCUT2D eigenvalue weighted by molar-refractivity contribution is -0.142. The molecule has 0 aliphatic rings. The van der Waals surface area contributed by atoms with Gasteiger partial charge in [0.05, 0.1) is 5.92 Å². The van der Waals surface area contributed by atoms with Crippen LogP contribution in [0.15, 0.2) is 28.7 Å². The highest BCUT2D eigenvalue weighted by molar-refractivity contribution is 9.10. The van der Waals surface area contributed by atoms with Gasteiger partial charge < -0.3 is 5.11 Å². The maximum Gasteiger partial charge on any atom is 0.307 e. The minimum Gasteiger partial charge on any atom is -0.481 e. The van der Waals surface area contributed by atoms with Gasteiger partial charge in [0.15, 0.2) is 0 Å². The van der Waals surface area contributed by atoms with Crippen LogP contribution in [0.5, 0.6) is 0 Å². The molecule has 1 aromatic rings. The third-order valence-electron chi connectivity index (χ3n) is 2.76. The lowest BCUT2D eigenvalue weighted by Crippen LogP contribution is -2.19. The van der Waals surface area contributed by atoms with Gasteiger partial charge in [-0.05, 0) is 30.0 Å². The van der Waals surface area contributed by atoms with Crippen molar-refractivity contribution in [2.24, 2.45) is 5.92 Å². The van der Waals surface area contributed by atoms with E-state index in [4.69, 9.17) is 5.11 Å². The molecule has 0 bridgehead atoms. The van der Waals surface area contributed by atoms with E-state index in [2.05, 4.69) is 15.9 Å². The fraction of sp³-hybridized carbons (Fsp3) is 0.417. The zero-order chi connectivity index (χ0) is 11.4. The standard InChI is InChI=1S/C12H15BrO2/c1-3-11(12(14)15)8(2)9-4-6-10(13)7-5-9/h4-8,11H,3H2,1-2H3,(H,14,15). The normalized spacial score (nSPS) is 14.6. The highest BCUT2D eigenvalue weighted by atomic mass is 79.9. The minimum absolute atomic E-state index is 0.0561. The van der Waals surface area contributed by atoms with Gasteiger partial charge in [0.2, 0.25) is 0 Å². The Labute approximate surface area is 98.4 Å². The number of halogens is 1. The molecule has 0 radical (unpaired) electrons. The maximum absolute atomic E-state index is 11.0. The first-order valence-corrected chi connectivity index (χ1v) is 5.83. The van der Waals surface area contributed by atoms with Gasteiger partial charge in [-0.2, -0.15) is 0 Å². The second-order valence-corrected chi connectivity index (χ2v) is 4.61. The molecule has 0 heterocycles. The average molecular weight is 271 g/mol. The third-order valence-corrected chi connectivity index (χ3v) is 3.29. The molecule has 15 heavy (non-hydrogen) atoms. The Balaban J connectivity index is 2.87. The highest BCUT2D eigenvalue weighted by Crippen LogP contribution is 2.27. The second-order valence-electron chi connectivity index (χ2n) is 3.69. The van der Waals surface area contributed by atoms with Gasteiger partial charge in [-0.15, -0.1) is 0 Å². The Hall–Kier alpha value is -0.830. The van der Waals surface area contributed by atoms with E-state index in [1.807, 2.05) is 38.1 Å². The molecule has 1 N–H and O–H groups in total. The Morgan fingerprint density at radius 1 is 1.40 bits per heavy atom. The van der Waals surface area contributed by atoms with Crippen molar-refractivity contribution in [1.29, 1.82) is 0 Å². The first kappa shape index (κ1) is 12.2. The Kier molecular flexibility index (Phi) is 4.33. The van der Waals surface area contributed by atoms with E-state index in [0.717, 1.165) is 10.0 Å². The van der Waals surface area contributed by atoms with Gasteiger partial charge in [-0.1, -0.05) is 41.9 Å². The van der Waals surface area contributed by atoms with Crippen LogP contribution in [-0.2, 0) is 4.79 Å². The highest BCUT2D eigenvalue weighted by Gasteiger charge is 2.23. The van der Waals surface area contributed by atoms with Crippen LogP contribution < -0.4 is 0 Å². The number of aliphatic carboxylic acids is 1. The van der Waals surface area contributed by atoms with Crippen molar-refractivity contribution in [2.45, 2.75) is 26.2 Å². The van der Waals surface area contributed by atoms with Crippen molar-refractivity contribution in [2.75, 3.05) is 0 Å². The molecule has 1 rings (SSSR count). The zero-order valence-electron chi connectivity index (χ0n) is 8.90. The molecule has 0 aliphatic carbocycles. The van der Waals surface area contributed by atoms with Gasteiger partial charge in [0, 0.05) is 4.47 Å². The predicted molar refractivity (Wildman–Crippen MR) is 64.0 cm³/mol. The van der Waals surface area contributed by atoms with Crippen molar-refractivity contribution in [3.8, 4) is 0 Å². The van der Waals surface area contributed by atoms with Crippen LogP contribution in [0.2, 0.25) is 0 Å². The molecule has 2 unspecified atom stereocenters. The topological polar surface area (TPSA) is 37.3 Å². The van der Waals surface area contributed by atoms with Crippen molar-refractivity contribution in [3.63, 3.8) is 0 Å². The summed E-state index contributed by atoms with van der Waals surface area (Å²) in [6.45, 7) is 3.87. The first-order chi connectivity index (χ1) is 7.06. The number of carboxylic acids is 1.